The maximum atomic E-state index is 9.75. The molecule has 0 heterocycles. The van der Waals surface area contributed by atoms with Crippen LogP contribution in [0.1, 0.15) is 25.3 Å². The Kier molecular flexibility index (Phi) is 3.71. The number of phenolic OH excluding ortho intramolecular Hbond substituents is 1. The van der Waals surface area contributed by atoms with Gasteiger partial charge in [-0.05, 0) is 53.4 Å². The van der Waals surface area contributed by atoms with E-state index < -0.39 is 0 Å². The van der Waals surface area contributed by atoms with Crippen LogP contribution in [0.25, 0.3) is 0 Å². The predicted molar refractivity (Wildman–Crippen MR) is 66.8 cm³/mol. The summed E-state index contributed by atoms with van der Waals surface area (Å²) >= 11 is 3.33. The Bertz CT molecular complexity index is 378. The van der Waals surface area contributed by atoms with E-state index in [0.717, 1.165) is 12.1 Å². The smallest absolute Gasteiger partial charge is 0.172 e. The second kappa shape index (κ2) is 5.06. The van der Waals surface area contributed by atoms with Gasteiger partial charge in [0.1, 0.15) is 0 Å². The third-order valence-electron chi connectivity index (χ3n) is 2.56. The maximum Gasteiger partial charge on any atom is 0.172 e. The van der Waals surface area contributed by atoms with Gasteiger partial charge in [0.15, 0.2) is 11.5 Å². The first kappa shape index (κ1) is 11.7. The number of nitrogens with one attached hydrogen (secondary N) is 1. The Morgan fingerprint density at radius 1 is 1.50 bits per heavy atom. The predicted octanol–water partition coefficient (Wildman–Crippen LogP) is 2.81. The monoisotopic (exact) mass is 285 g/mol. The van der Waals surface area contributed by atoms with Gasteiger partial charge in [0.2, 0.25) is 0 Å². The largest absolute Gasteiger partial charge is 0.503 e. The van der Waals surface area contributed by atoms with Crippen molar-refractivity contribution in [3.63, 3.8) is 0 Å². The molecule has 1 saturated carbocycles. The number of phenols is 1. The van der Waals surface area contributed by atoms with Crippen LogP contribution >= 0.6 is 15.9 Å². The van der Waals surface area contributed by atoms with E-state index in [-0.39, 0.29) is 5.75 Å². The average molecular weight is 286 g/mol. The van der Waals surface area contributed by atoms with Crippen LogP contribution < -0.4 is 10.1 Å². The molecule has 0 spiro atoms. The molecule has 0 aliphatic heterocycles. The number of benzene rings is 1. The van der Waals surface area contributed by atoms with Crippen LogP contribution in [0.3, 0.4) is 0 Å². The first-order valence-electron chi connectivity index (χ1n) is 5.58. The van der Waals surface area contributed by atoms with Crippen molar-refractivity contribution in [2.75, 3.05) is 6.61 Å². The van der Waals surface area contributed by atoms with Gasteiger partial charge >= 0.3 is 0 Å². The molecule has 16 heavy (non-hydrogen) atoms. The van der Waals surface area contributed by atoms with Gasteiger partial charge < -0.3 is 15.2 Å². The van der Waals surface area contributed by atoms with Crippen molar-refractivity contribution in [1.29, 1.82) is 0 Å². The summed E-state index contributed by atoms with van der Waals surface area (Å²) in [5.74, 6) is 0.724. The van der Waals surface area contributed by atoms with Crippen molar-refractivity contribution in [3.05, 3.63) is 22.2 Å². The van der Waals surface area contributed by atoms with Crippen LogP contribution in [0.15, 0.2) is 16.6 Å². The number of rotatable bonds is 5. The fourth-order valence-electron chi connectivity index (χ4n) is 1.54. The summed E-state index contributed by atoms with van der Waals surface area (Å²) in [6.45, 7) is 3.28. The molecular weight excluding hydrogens is 270 g/mol. The Balaban J connectivity index is 2.10. The molecule has 3 nitrogen and oxygen atoms in total. The van der Waals surface area contributed by atoms with Crippen molar-refractivity contribution in [2.24, 2.45) is 0 Å². The Morgan fingerprint density at radius 2 is 2.25 bits per heavy atom. The summed E-state index contributed by atoms with van der Waals surface area (Å²) in [4.78, 5) is 0. The fraction of sp³-hybridized carbons (Fsp3) is 0.500. The highest BCUT2D eigenvalue weighted by molar-refractivity contribution is 9.10. The molecule has 1 aromatic carbocycles. The van der Waals surface area contributed by atoms with Crippen molar-refractivity contribution >= 4 is 15.9 Å². The fourth-order valence-corrected chi connectivity index (χ4v) is 2.03. The van der Waals surface area contributed by atoms with Crippen LogP contribution in [0, 0.1) is 0 Å². The number of hydrogen-bond acceptors (Lipinski definition) is 3. The van der Waals surface area contributed by atoms with Crippen LogP contribution in [-0.2, 0) is 6.54 Å². The molecule has 1 fully saturated rings. The minimum atomic E-state index is 0.178. The summed E-state index contributed by atoms with van der Waals surface area (Å²) in [5.41, 5.74) is 1.13. The quantitative estimate of drug-likeness (QED) is 0.874. The average Bonchev–Trinajstić information content (AvgIpc) is 3.06. The van der Waals surface area contributed by atoms with E-state index in [1.54, 1.807) is 0 Å². The first-order valence-corrected chi connectivity index (χ1v) is 6.37. The molecule has 0 aromatic heterocycles. The van der Waals surface area contributed by atoms with Gasteiger partial charge in [0.25, 0.3) is 0 Å². The van der Waals surface area contributed by atoms with E-state index in [9.17, 15) is 5.11 Å². The molecule has 4 heteroatoms. The number of hydrogen-bond donors (Lipinski definition) is 2. The van der Waals surface area contributed by atoms with Crippen molar-refractivity contribution < 1.29 is 9.84 Å². The zero-order valence-corrected chi connectivity index (χ0v) is 10.9. The highest BCUT2D eigenvalue weighted by Gasteiger charge is 2.20. The standard InChI is InChI=1S/C12H16BrNO2/c1-2-16-11-6-8(5-10(13)12(11)15)7-14-9-3-4-9/h5-6,9,14-15H,2-4,7H2,1H3. The molecule has 88 valence electrons. The minimum Gasteiger partial charge on any atom is -0.503 e. The van der Waals surface area contributed by atoms with E-state index in [4.69, 9.17) is 4.74 Å². The lowest BCUT2D eigenvalue weighted by atomic mass is 10.2. The second-order valence-electron chi connectivity index (χ2n) is 4.01. The molecule has 0 amide bonds. The number of ether oxygens (including phenoxy) is 1. The molecule has 1 aliphatic carbocycles. The van der Waals surface area contributed by atoms with E-state index in [1.165, 1.54) is 12.8 Å². The first-order chi connectivity index (χ1) is 7.70. The third kappa shape index (κ3) is 2.89. The second-order valence-corrected chi connectivity index (χ2v) is 4.87. The van der Waals surface area contributed by atoms with Crippen molar-refractivity contribution in [2.45, 2.75) is 32.4 Å². The number of halogens is 1. The lowest BCUT2D eigenvalue weighted by Crippen LogP contribution is -2.15. The van der Waals surface area contributed by atoms with E-state index >= 15 is 0 Å². The summed E-state index contributed by atoms with van der Waals surface area (Å²) in [6, 6.07) is 4.50. The summed E-state index contributed by atoms with van der Waals surface area (Å²) < 4.78 is 6.06. The van der Waals surface area contributed by atoms with Crippen LogP contribution in [0.2, 0.25) is 0 Å². The number of aromatic hydroxyl groups is 1. The Hall–Kier alpha value is -0.740. The zero-order valence-electron chi connectivity index (χ0n) is 9.29. The maximum absolute atomic E-state index is 9.75. The Morgan fingerprint density at radius 3 is 2.88 bits per heavy atom. The highest BCUT2D eigenvalue weighted by Crippen LogP contribution is 2.35. The summed E-state index contributed by atoms with van der Waals surface area (Å²) in [6.07, 6.45) is 2.55. The minimum absolute atomic E-state index is 0.178. The van der Waals surface area contributed by atoms with Crippen molar-refractivity contribution in [1.82, 2.24) is 5.32 Å². The molecule has 0 unspecified atom stereocenters. The highest BCUT2D eigenvalue weighted by atomic mass is 79.9. The van der Waals surface area contributed by atoms with Gasteiger partial charge in [-0.3, -0.25) is 0 Å². The topological polar surface area (TPSA) is 41.5 Å². The van der Waals surface area contributed by atoms with Crippen LogP contribution in [0.4, 0.5) is 0 Å². The van der Waals surface area contributed by atoms with Crippen LogP contribution in [0.5, 0.6) is 11.5 Å². The summed E-state index contributed by atoms with van der Waals surface area (Å²) in [5, 5.41) is 13.2. The van der Waals surface area contributed by atoms with Gasteiger partial charge in [0, 0.05) is 12.6 Å². The van der Waals surface area contributed by atoms with Gasteiger partial charge in [-0.1, -0.05) is 0 Å². The normalized spacial score (nSPS) is 15.1. The van der Waals surface area contributed by atoms with Gasteiger partial charge in [-0.15, -0.1) is 0 Å². The van der Waals surface area contributed by atoms with E-state index in [2.05, 4.69) is 21.2 Å². The van der Waals surface area contributed by atoms with Crippen LogP contribution in [-0.4, -0.2) is 17.8 Å². The third-order valence-corrected chi connectivity index (χ3v) is 3.16. The lowest BCUT2D eigenvalue weighted by molar-refractivity contribution is 0.316. The van der Waals surface area contributed by atoms with E-state index in [0.29, 0.717) is 22.9 Å². The van der Waals surface area contributed by atoms with Gasteiger partial charge in [0.05, 0.1) is 11.1 Å². The molecule has 1 aromatic rings. The lowest BCUT2D eigenvalue weighted by Gasteiger charge is -2.10. The molecule has 0 radical (unpaired) electrons. The molecule has 2 N–H and O–H groups in total. The van der Waals surface area contributed by atoms with E-state index in [1.807, 2.05) is 19.1 Å². The molecule has 2 rings (SSSR count). The van der Waals surface area contributed by atoms with Gasteiger partial charge in [-0.25, -0.2) is 0 Å². The summed E-state index contributed by atoms with van der Waals surface area (Å²) in [7, 11) is 0. The molecule has 0 bridgehead atoms. The molecule has 0 saturated heterocycles. The van der Waals surface area contributed by atoms with Crippen molar-refractivity contribution in [3.8, 4) is 11.5 Å². The molecule has 1 aliphatic rings. The van der Waals surface area contributed by atoms with Gasteiger partial charge in [-0.2, -0.15) is 0 Å². The molecule has 0 atom stereocenters. The SMILES string of the molecule is CCOc1cc(CNC2CC2)cc(Br)c1O. The Labute approximate surface area is 104 Å². The molecular formula is C12H16BrNO2. The zero-order chi connectivity index (χ0) is 11.5.